The molecule has 0 aromatic heterocycles. The molecular formula is C23H22N2O5S2. The SMILES string of the molecule is CCN1C(=O)OC/C1=C/c1ccc(Oc2ccc(CC3SC(=S)NC3=O)cc2OC)cc1. The summed E-state index contributed by atoms with van der Waals surface area (Å²) in [5.74, 6) is 1.75. The maximum absolute atomic E-state index is 11.9. The van der Waals surface area contributed by atoms with Crippen molar-refractivity contribution < 1.29 is 23.8 Å². The highest BCUT2D eigenvalue weighted by molar-refractivity contribution is 8.24. The van der Waals surface area contributed by atoms with Gasteiger partial charge in [-0.15, -0.1) is 0 Å². The molecule has 4 rings (SSSR count). The van der Waals surface area contributed by atoms with Crippen LogP contribution in [0.1, 0.15) is 18.1 Å². The second kappa shape index (κ2) is 9.62. The summed E-state index contributed by atoms with van der Waals surface area (Å²) in [6, 6.07) is 13.2. The lowest BCUT2D eigenvalue weighted by molar-refractivity contribution is -0.118. The lowest BCUT2D eigenvalue weighted by Crippen LogP contribution is -2.25. The van der Waals surface area contributed by atoms with Gasteiger partial charge >= 0.3 is 6.09 Å². The van der Waals surface area contributed by atoms with E-state index in [0.717, 1.165) is 16.8 Å². The van der Waals surface area contributed by atoms with Gasteiger partial charge in [0.1, 0.15) is 16.7 Å². The van der Waals surface area contributed by atoms with E-state index in [4.69, 9.17) is 26.4 Å². The molecule has 2 aromatic carbocycles. The summed E-state index contributed by atoms with van der Waals surface area (Å²) in [4.78, 5) is 25.2. The number of hydrogen-bond acceptors (Lipinski definition) is 7. The highest BCUT2D eigenvalue weighted by atomic mass is 32.2. The van der Waals surface area contributed by atoms with Gasteiger partial charge in [-0.2, -0.15) is 0 Å². The maximum Gasteiger partial charge on any atom is 0.414 e. The second-order valence-corrected chi connectivity index (χ2v) is 9.06. The van der Waals surface area contributed by atoms with Crippen LogP contribution >= 0.6 is 24.0 Å². The number of carbonyl (C=O) groups is 2. The molecule has 2 aromatic rings. The Morgan fingerprint density at radius 1 is 1.22 bits per heavy atom. The molecule has 2 saturated heterocycles. The molecule has 2 aliphatic rings. The Hall–Kier alpha value is -3.04. The molecule has 0 radical (unpaired) electrons. The van der Waals surface area contributed by atoms with E-state index in [-0.39, 0.29) is 23.9 Å². The van der Waals surface area contributed by atoms with Gasteiger partial charge in [0.05, 0.1) is 18.1 Å². The van der Waals surface area contributed by atoms with Crippen molar-refractivity contribution in [3.63, 3.8) is 0 Å². The van der Waals surface area contributed by atoms with Gasteiger partial charge in [-0.3, -0.25) is 9.69 Å². The van der Waals surface area contributed by atoms with Crippen molar-refractivity contribution in [2.45, 2.75) is 18.6 Å². The average Bonchev–Trinajstić information content (AvgIpc) is 3.30. The summed E-state index contributed by atoms with van der Waals surface area (Å²) < 4.78 is 17.1. The van der Waals surface area contributed by atoms with E-state index in [1.807, 2.05) is 55.5 Å². The van der Waals surface area contributed by atoms with Crippen LogP contribution in [-0.4, -0.2) is 46.7 Å². The van der Waals surface area contributed by atoms with Crippen molar-refractivity contribution in [1.29, 1.82) is 0 Å². The predicted molar refractivity (Wildman–Crippen MR) is 127 cm³/mol. The van der Waals surface area contributed by atoms with Gasteiger partial charge in [0.2, 0.25) is 5.91 Å². The highest BCUT2D eigenvalue weighted by Gasteiger charge is 2.29. The summed E-state index contributed by atoms with van der Waals surface area (Å²) >= 11 is 6.42. The number of nitrogens with one attached hydrogen (secondary N) is 1. The predicted octanol–water partition coefficient (Wildman–Crippen LogP) is 4.36. The van der Waals surface area contributed by atoms with Crippen LogP contribution in [0.15, 0.2) is 48.2 Å². The van der Waals surface area contributed by atoms with Gasteiger partial charge in [0.25, 0.3) is 0 Å². The zero-order chi connectivity index (χ0) is 22.7. The molecule has 0 aliphatic carbocycles. The number of cyclic esters (lactones) is 1. The Kier molecular flexibility index (Phi) is 6.66. The number of hydrogen-bond donors (Lipinski definition) is 1. The summed E-state index contributed by atoms with van der Waals surface area (Å²) in [6.45, 7) is 2.76. The second-order valence-electron chi connectivity index (χ2n) is 7.18. The monoisotopic (exact) mass is 470 g/mol. The first-order valence-electron chi connectivity index (χ1n) is 10.1. The smallest absolute Gasteiger partial charge is 0.414 e. The number of ether oxygens (including phenoxy) is 3. The summed E-state index contributed by atoms with van der Waals surface area (Å²) in [6.07, 6.45) is 2.16. The van der Waals surface area contributed by atoms with Crippen LogP contribution in [0.4, 0.5) is 4.79 Å². The first-order valence-corrected chi connectivity index (χ1v) is 11.4. The van der Waals surface area contributed by atoms with E-state index in [1.165, 1.54) is 11.8 Å². The van der Waals surface area contributed by atoms with Crippen molar-refractivity contribution in [1.82, 2.24) is 10.2 Å². The van der Waals surface area contributed by atoms with Crippen molar-refractivity contribution in [2.75, 3.05) is 20.3 Å². The molecule has 2 fully saturated rings. The summed E-state index contributed by atoms with van der Waals surface area (Å²) in [5.41, 5.74) is 2.73. The number of amides is 2. The minimum atomic E-state index is -0.316. The number of carbonyl (C=O) groups excluding carboxylic acids is 2. The van der Waals surface area contributed by atoms with Crippen LogP contribution in [0.3, 0.4) is 0 Å². The average molecular weight is 471 g/mol. The van der Waals surface area contributed by atoms with Crippen LogP contribution in [0.25, 0.3) is 6.08 Å². The van der Waals surface area contributed by atoms with E-state index in [1.54, 1.807) is 12.0 Å². The fraction of sp³-hybridized carbons (Fsp3) is 0.261. The van der Waals surface area contributed by atoms with Crippen LogP contribution < -0.4 is 14.8 Å². The molecule has 2 amide bonds. The fourth-order valence-corrected chi connectivity index (χ4v) is 4.79. The molecule has 7 nitrogen and oxygen atoms in total. The van der Waals surface area contributed by atoms with Crippen molar-refractivity contribution >= 4 is 46.4 Å². The van der Waals surface area contributed by atoms with E-state index < -0.39 is 0 Å². The molecule has 1 N–H and O–H groups in total. The number of methoxy groups -OCH3 is 1. The summed E-state index contributed by atoms with van der Waals surface area (Å²) in [5, 5.41) is 2.43. The van der Waals surface area contributed by atoms with E-state index in [0.29, 0.717) is 34.5 Å². The topological polar surface area (TPSA) is 77.1 Å². The number of thioether (sulfide) groups is 1. The molecule has 166 valence electrons. The van der Waals surface area contributed by atoms with Gasteiger partial charge in [-0.05, 0) is 54.8 Å². The molecule has 1 atom stereocenters. The van der Waals surface area contributed by atoms with Crippen molar-refractivity contribution in [3.8, 4) is 17.2 Å². The lowest BCUT2D eigenvalue weighted by Gasteiger charge is -2.13. The minimum absolute atomic E-state index is 0.0649. The highest BCUT2D eigenvalue weighted by Crippen LogP contribution is 2.34. The van der Waals surface area contributed by atoms with Crippen molar-refractivity contribution in [3.05, 3.63) is 59.3 Å². The minimum Gasteiger partial charge on any atom is -0.493 e. The van der Waals surface area contributed by atoms with Gasteiger partial charge in [-0.25, -0.2) is 4.79 Å². The van der Waals surface area contributed by atoms with Gasteiger partial charge in [-0.1, -0.05) is 42.2 Å². The van der Waals surface area contributed by atoms with Gasteiger partial charge in [0, 0.05) is 6.54 Å². The molecule has 9 heteroatoms. The van der Waals surface area contributed by atoms with Crippen LogP contribution in [-0.2, 0) is 16.0 Å². The Labute approximate surface area is 195 Å². The molecular weight excluding hydrogens is 448 g/mol. The Morgan fingerprint density at radius 3 is 2.66 bits per heavy atom. The van der Waals surface area contributed by atoms with Crippen LogP contribution in [0, 0.1) is 0 Å². The van der Waals surface area contributed by atoms with Crippen LogP contribution in [0.5, 0.6) is 17.2 Å². The van der Waals surface area contributed by atoms with Crippen molar-refractivity contribution in [2.24, 2.45) is 0 Å². The fourth-order valence-electron chi connectivity index (χ4n) is 3.48. The zero-order valence-electron chi connectivity index (χ0n) is 17.6. The maximum atomic E-state index is 11.9. The first kappa shape index (κ1) is 22.2. The number of nitrogens with zero attached hydrogens (tertiary/aromatic N) is 1. The van der Waals surface area contributed by atoms with E-state index in [9.17, 15) is 9.59 Å². The number of rotatable bonds is 7. The lowest BCUT2D eigenvalue weighted by atomic mass is 10.1. The third-order valence-electron chi connectivity index (χ3n) is 5.08. The first-order chi connectivity index (χ1) is 15.5. The van der Waals surface area contributed by atoms with E-state index in [2.05, 4.69) is 5.32 Å². The molecule has 2 aliphatic heterocycles. The number of likely N-dealkylation sites (N-methyl/N-ethyl adjacent to an activating group) is 1. The van der Waals surface area contributed by atoms with E-state index >= 15 is 0 Å². The molecule has 1 unspecified atom stereocenters. The Morgan fingerprint density at radius 2 is 2.00 bits per heavy atom. The molecule has 0 spiro atoms. The standard InChI is InChI=1S/C23H22N2O5S2/c1-3-25-16(13-29-23(25)27)10-14-4-7-17(8-5-14)30-18-9-6-15(11-19(18)28-2)12-20-21(26)24-22(31)32-20/h4-11,20H,3,12-13H2,1-2H3,(H,24,26,31)/b16-10-. The Balaban J connectivity index is 1.45. The number of thiocarbonyl (C=S) groups is 1. The third kappa shape index (κ3) is 4.89. The van der Waals surface area contributed by atoms with Gasteiger partial charge < -0.3 is 19.5 Å². The van der Waals surface area contributed by atoms with Crippen LogP contribution in [0.2, 0.25) is 0 Å². The zero-order valence-corrected chi connectivity index (χ0v) is 19.3. The largest absolute Gasteiger partial charge is 0.493 e. The van der Waals surface area contributed by atoms with Gasteiger partial charge in [0.15, 0.2) is 11.5 Å². The third-order valence-corrected chi connectivity index (χ3v) is 6.46. The number of benzene rings is 2. The molecule has 2 heterocycles. The summed E-state index contributed by atoms with van der Waals surface area (Å²) in [7, 11) is 1.58. The Bertz CT molecular complexity index is 1080. The molecule has 0 saturated carbocycles. The molecule has 32 heavy (non-hydrogen) atoms. The quantitative estimate of drug-likeness (QED) is 0.603. The molecule has 0 bridgehead atoms. The normalized spacial score (nSPS) is 19.3.